The smallest absolute Gasteiger partial charge is 0.303 e. The number of nitrogens with zero attached hydrogens (tertiary/aromatic N) is 3. The number of carboxylic acids is 1. The fourth-order valence-corrected chi connectivity index (χ4v) is 2.12. The van der Waals surface area contributed by atoms with Gasteiger partial charge in [0.2, 0.25) is 5.89 Å². The maximum atomic E-state index is 10.8. The van der Waals surface area contributed by atoms with Gasteiger partial charge in [-0.05, 0) is 12.1 Å². The van der Waals surface area contributed by atoms with E-state index in [1.165, 1.54) is 0 Å². The van der Waals surface area contributed by atoms with Gasteiger partial charge in [0.25, 0.3) is 0 Å². The van der Waals surface area contributed by atoms with E-state index in [0.717, 1.165) is 5.56 Å². The van der Waals surface area contributed by atoms with Gasteiger partial charge in [0, 0.05) is 17.0 Å². The molecule has 112 valence electrons. The van der Waals surface area contributed by atoms with Crippen molar-refractivity contribution >= 4 is 17.6 Å². The summed E-state index contributed by atoms with van der Waals surface area (Å²) < 4.78 is 5.66. The number of nitrogens with one attached hydrogen (secondary N) is 1. The second-order valence-electron chi connectivity index (χ2n) is 4.55. The molecule has 8 heteroatoms. The molecule has 0 amide bonds. The van der Waals surface area contributed by atoms with Gasteiger partial charge in [-0.1, -0.05) is 28.9 Å². The summed E-state index contributed by atoms with van der Waals surface area (Å²) in [6.07, 6.45) is 1.74. The number of oxazole rings is 1. The van der Waals surface area contributed by atoms with Crippen molar-refractivity contribution in [3.63, 3.8) is 0 Å². The molecule has 0 spiro atoms. The molecule has 1 aromatic carbocycles. The first kappa shape index (κ1) is 14.3. The lowest BCUT2D eigenvalue weighted by molar-refractivity contribution is -0.137. The molecule has 0 saturated carbocycles. The highest BCUT2D eigenvalue weighted by molar-refractivity contribution is 6.30. The van der Waals surface area contributed by atoms with E-state index in [2.05, 4.69) is 20.4 Å². The Bertz CT molecular complexity index is 781. The van der Waals surface area contributed by atoms with Gasteiger partial charge in [-0.25, -0.2) is 4.98 Å². The molecule has 2 heterocycles. The number of aliphatic carboxylic acids is 1. The van der Waals surface area contributed by atoms with Crippen LogP contribution in [0, 0.1) is 0 Å². The number of carbonyl (C=O) groups is 1. The van der Waals surface area contributed by atoms with E-state index in [1.807, 2.05) is 0 Å². The molecule has 0 aliphatic heterocycles. The average molecular weight is 319 g/mol. The maximum absolute atomic E-state index is 10.8. The summed E-state index contributed by atoms with van der Waals surface area (Å²) in [6.45, 7) is 0. The summed E-state index contributed by atoms with van der Waals surface area (Å²) in [5, 5.41) is 19.5. The Hall–Kier alpha value is -2.67. The molecule has 0 unspecified atom stereocenters. The molecule has 0 bridgehead atoms. The Morgan fingerprint density at radius 3 is 2.73 bits per heavy atom. The highest BCUT2D eigenvalue weighted by Crippen LogP contribution is 2.29. The first-order chi connectivity index (χ1) is 10.6. The molecule has 0 atom stereocenters. The van der Waals surface area contributed by atoms with Crippen LogP contribution in [0.25, 0.3) is 22.8 Å². The van der Waals surface area contributed by atoms with Crippen LogP contribution < -0.4 is 0 Å². The largest absolute Gasteiger partial charge is 0.481 e. The van der Waals surface area contributed by atoms with Gasteiger partial charge in [0.05, 0.1) is 12.6 Å². The van der Waals surface area contributed by atoms with Crippen molar-refractivity contribution in [2.75, 3.05) is 0 Å². The van der Waals surface area contributed by atoms with E-state index in [0.29, 0.717) is 28.1 Å². The van der Waals surface area contributed by atoms with Crippen molar-refractivity contribution in [1.29, 1.82) is 0 Å². The third-order valence-corrected chi connectivity index (χ3v) is 3.27. The van der Waals surface area contributed by atoms with Crippen molar-refractivity contribution in [2.24, 2.45) is 0 Å². The first-order valence-electron chi connectivity index (χ1n) is 6.48. The predicted octanol–water partition coefficient (Wildman–Crippen LogP) is 2.80. The van der Waals surface area contributed by atoms with Crippen molar-refractivity contribution in [3.8, 4) is 22.8 Å². The molecular weight excluding hydrogens is 308 g/mol. The molecule has 0 aliphatic carbocycles. The fourth-order valence-electron chi connectivity index (χ4n) is 1.99. The van der Waals surface area contributed by atoms with Gasteiger partial charge in [-0.15, -0.1) is 5.10 Å². The SMILES string of the molecule is O=C(O)CCc1oc(-c2c[nH]nn2)nc1-c1ccc(Cl)cc1. The quantitative estimate of drug-likeness (QED) is 0.749. The summed E-state index contributed by atoms with van der Waals surface area (Å²) in [5.74, 6) is -0.122. The number of aromatic amines is 1. The van der Waals surface area contributed by atoms with E-state index in [4.69, 9.17) is 21.1 Å². The molecule has 0 fully saturated rings. The summed E-state index contributed by atoms with van der Waals surface area (Å²) in [5.41, 5.74) is 1.83. The maximum Gasteiger partial charge on any atom is 0.303 e. The lowest BCUT2D eigenvalue weighted by atomic mass is 10.1. The fraction of sp³-hybridized carbons (Fsp3) is 0.143. The van der Waals surface area contributed by atoms with Crippen LogP contribution in [0.4, 0.5) is 0 Å². The second-order valence-corrected chi connectivity index (χ2v) is 4.99. The van der Waals surface area contributed by atoms with Crippen molar-refractivity contribution in [1.82, 2.24) is 20.4 Å². The predicted molar refractivity (Wildman–Crippen MR) is 78.3 cm³/mol. The third-order valence-electron chi connectivity index (χ3n) is 3.02. The average Bonchev–Trinajstić information content (AvgIpc) is 3.15. The van der Waals surface area contributed by atoms with Crippen LogP contribution in [0.15, 0.2) is 34.9 Å². The van der Waals surface area contributed by atoms with Crippen LogP contribution in [-0.4, -0.2) is 31.5 Å². The van der Waals surface area contributed by atoms with Crippen molar-refractivity contribution < 1.29 is 14.3 Å². The summed E-state index contributed by atoms with van der Waals surface area (Å²) in [4.78, 5) is 15.2. The molecule has 22 heavy (non-hydrogen) atoms. The van der Waals surface area contributed by atoms with Crippen LogP contribution in [0.5, 0.6) is 0 Å². The van der Waals surface area contributed by atoms with Crippen LogP contribution in [0.1, 0.15) is 12.2 Å². The monoisotopic (exact) mass is 318 g/mol. The number of aryl methyl sites for hydroxylation is 1. The Morgan fingerprint density at radius 2 is 2.09 bits per heavy atom. The van der Waals surface area contributed by atoms with E-state index in [1.54, 1.807) is 30.5 Å². The lowest BCUT2D eigenvalue weighted by Gasteiger charge is -2.00. The van der Waals surface area contributed by atoms with Gasteiger partial charge < -0.3 is 9.52 Å². The molecule has 3 rings (SSSR count). The standard InChI is InChI=1S/C14H11ClN4O3/c15-9-3-1-8(2-4-9)13-11(5-6-12(20)21)22-14(17-13)10-7-16-19-18-10/h1-4,7H,5-6H2,(H,20,21)(H,16,18,19). The first-order valence-corrected chi connectivity index (χ1v) is 6.85. The molecular formula is C14H11ClN4O3. The van der Waals surface area contributed by atoms with Crippen molar-refractivity contribution in [3.05, 3.63) is 41.2 Å². The van der Waals surface area contributed by atoms with E-state index in [9.17, 15) is 4.79 Å². The number of halogens is 1. The lowest BCUT2D eigenvalue weighted by Crippen LogP contribution is -1.97. The topological polar surface area (TPSA) is 105 Å². The Morgan fingerprint density at radius 1 is 1.32 bits per heavy atom. The summed E-state index contributed by atoms with van der Waals surface area (Å²) >= 11 is 5.88. The van der Waals surface area contributed by atoms with E-state index >= 15 is 0 Å². The minimum absolute atomic E-state index is 0.0476. The molecule has 2 aromatic heterocycles. The minimum atomic E-state index is -0.901. The Labute approximate surface area is 129 Å². The van der Waals surface area contributed by atoms with Crippen molar-refractivity contribution in [2.45, 2.75) is 12.8 Å². The Balaban J connectivity index is 2.01. The molecule has 3 aromatic rings. The number of H-pyrrole nitrogens is 1. The number of hydrogen-bond acceptors (Lipinski definition) is 5. The zero-order valence-corrected chi connectivity index (χ0v) is 12.0. The van der Waals surface area contributed by atoms with Gasteiger partial charge in [-0.2, -0.15) is 0 Å². The van der Waals surface area contributed by atoms with E-state index < -0.39 is 5.97 Å². The van der Waals surface area contributed by atoms with Crippen LogP contribution in [-0.2, 0) is 11.2 Å². The van der Waals surface area contributed by atoms with Crippen LogP contribution in [0.3, 0.4) is 0 Å². The number of rotatable bonds is 5. The summed E-state index contributed by atoms with van der Waals surface area (Å²) in [7, 11) is 0. The zero-order valence-electron chi connectivity index (χ0n) is 11.3. The zero-order chi connectivity index (χ0) is 15.5. The van der Waals surface area contributed by atoms with Crippen LogP contribution in [0.2, 0.25) is 5.02 Å². The van der Waals surface area contributed by atoms with E-state index in [-0.39, 0.29) is 12.8 Å². The highest BCUT2D eigenvalue weighted by atomic mass is 35.5. The molecule has 2 N–H and O–H groups in total. The molecule has 7 nitrogen and oxygen atoms in total. The minimum Gasteiger partial charge on any atom is -0.481 e. The normalized spacial score (nSPS) is 10.8. The molecule has 0 radical (unpaired) electrons. The van der Waals surface area contributed by atoms with Gasteiger partial charge in [0.1, 0.15) is 11.5 Å². The highest BCUT2D eigenvalue weighted by Gasteiger charge is 2.18. The Kier molecular flexibility index (Phi) is 3.88. The van der Waals surface area contributed by atoms with Gasteiger partial charge in [-0.3, -0.25) is 9.89 Å². The van der Waals surface area contributed by atoms with Crippen LogP contribution >= 0.6 is 11.6 Å². The molecule has 0 saturated heterocycles. The third kappa shape index (κ3) is 2.99. The second kappa shape index (κ2) is 5.98. The molecule has 0 aliphatic rings. The summed E-state index contributed by atoms with van der Waals surface area (Å²) in [6, 6.07) is 7.08. The van der Waals surface area contributed by atoms with Gasteiger partial charge >= 0.3 is 5.97 Å². The van der Waals surface area contributed by atoms with Gasteiger partial charge in [0.15, 0.2) is 5.69 Å². The number of hydrogen-bond donors (Lipinski definition) is 2. The number of carboxylic acid groups (broad SMARTS) is 1. The number of benzene rings is 1. The number of aromatic nitrogens is 4.